The summed E-state index contributed by atoms with van der Waals surface area (Å²) in [5.74, 6) is 1.18. The lowest BCUT2D eigenvalue weighted by Gasteiger charge is -2.34. The normalized spacial score (nSPS) is 44.7. The Balaban J connectivity index is 2.02. The molecule has 2 atom stereocenters. The molecule has 0 aromatic rings. The minimum absolute atomic E-state index is 0.0257. The van der Waals surface area contributed by atoms with E-state index in [0.29, 0.717) is 11.8 Å². The molecule has 1 aliphatic heterocycles. The van der Waals surface area contributed by atoms with E-state index in [9.17, 15) is 5.11 Å². The minimum atomic E-state index is 0.0257. The monoisotopic (exact) mass is 155 g/mol. The molecule has 0 radical (unpaired) electrons. The van der Waals surface area contributed by atoms with Crippen LogP contribution in [0.1, 0.15) is 19.8 Å². The van der Waals surface area contributed by atoms with Crippen LogP contribution in [0.4, 0.5) is 0 Å². The molecule has 1 saturated carbocycles. The van der Waals surface area contributed by atoms with Gasteiger partial charge in [0, 0.05) is 13.1 Å². The fraction of sp³-hybridized carbons (Fsp3) is 1.00. The van der Waals surface area contributed by atoms with Crippen molar-refractivity contribution in [2.24, 2.45) is 11.8 Å². The topological polar surface area (TPSA) is 23.5 Å². The Labute approximate surface area is 68.2 Å². The van der Waals surface area contributed by atoms with Crippen LogP contribution < -0.4 is 0 Å². The van der Waals surface area contributed by atoms with Gasteiger partial charge in [-0.15, -0.1) is 0 Å². The number of aliphatic hydroxyl groups is 1. The van der Waals surface area contributed by atoms with Gasteiger partial charge in [-0.05, 0) is 31.2 Å². The van der Waals surface area contributed by atoms with Crippen molar-refractivity contribution in [1.29, 1.82) is 0 Å². The largest absolute Gasteiger partial charge is 0.392 e. The Bertz CT molecular complexity index is 134. The number of rotatable bonds is 1. The van der Waals surface area contributed by atoms with Crippen LogP contribution in [-0.2, 0) is 0 Å². The fourth-order valence-corrected chi connectivity index (χ4v) is 2.55. The number of fused-ring (bicyclic) bond motifs is 2. The molecule has 2 heteroatoms. The van der Waals surface area contributed by atoms with E-state index in [4.69, 9.17) is 0 Å². The molecule has 1 saturated heterocycles. The van der Waals surface area contributed by atoms with Crippen LogP contribution in [0.2, 0.25) is 0 Å². The summed E-state index contributed by atoms with van der Waals surface area (Å²) in [5, 5.41) is 9.70. The van der Waals surface area contributed by atoms with Gasteiger partial charge in [-0.25, -0.2) is 0 Å². The first-order chi connectivity index (χ1) is 5.31. The Morgan fingerprint density at radius 3 is 2.27 bits per heavy atom. The first-order valence-corrected chi connectivity index (χ1v) is 4.71. The Kier molecular flexibility index (Phi) is 1.90. The summed E-state index contributed by atoms with van der Waals surface area (Å²) >= 11 is 0. The van der Waals surface area contributed by atoms with Gasteiger partial charge in [0.2, 0.25) is 0 Å². The SMILES string of the molecule is CCN1CC2CCC(C1)C2O. The van der Waals surface area contributed by atoms with Crippen LogP contribution in [0.25, 0.3) is 0 Å². The highest BCUT2D eigenvalue weighted by atomic mass is 16.3. The molecule has 2 nitrogen and oxygen atoms in total. The fourth-order valence-electron chi connectivity index (χ4n) is 2.55. The van der Waals surface area contributed by atoms with Crippen molar-refractivity contribution >= 4 is 0 Å². The zero-order chi connectivity index (χ0) is 7.84. The van der Waals surface area contributed by atoms with Crippen molar-refractivity contribution in [1.82, 2.24) is 4.90 Å². The molecule has 11 heavy (non-hydrogen) atoms. The summed E-state index contributed by atoms with van der Waals surface area (Å²) < 4.78 is 0. The van der Waals surface area contributed by atoms with E-state index in [1.807, 2.05) is 0 Å². The highest BCUT2D eigenvalue weighted by Gasteiger charge is 2.40. The lowest BCUT2D eigenvalue weighted by atomic mass is 9.95. The Morgan fingerprint density at radius 2 is 1.82 bits per heavy atom. The molecule has 0 spiro atoms. The van der Waals surface area contributed by atoms with Crippen molar-refractivity contribution in [3.05, 3.63) is 0 Å². The van der Waals surface area contributed by atoms with Crippen LogP contribution in [-0.4, -0.2) is 35.7 Å². The molecule has 0 amide bonds. The van der Waals surface area contributed by atoms with E-state index in [0.717, 1.165) is 19.6 Å². The zero-order valence-corrected chi connectivity index (χ0v) is 7.16. The average Bonchev–Trinajstić information content (AvgIpc) is 2.26. The number of hydrogen-bond acceptors (Lipinski definition) is 2. The van der Waals surface area contributed by atoms with E-state index in [2.05, 4.69) is 11.8 Å². The third kappa shape index (κ3) is 1.18. The summed E-state index contributed by atoms with van der Waals surface area (Å²) in [6, 6.07) is 0. The highest BCUT2D eigenvalue weighted by molar-refractivity contribution is 4.92. The number of aliphatic hydroxyl groups excluding tert-OH is 1. The quantitative estimate of drug-likeness (QED) is 0.603. The lowest BCUT2D eigenvalue weighted by molar-refractivity contribution is 0.0189. The summed E-state index contributed by atoms with van der Waals surface area (Å²) in [4.78, 5) is 2.47. The van der Waals surface area contributed by atoms with Crippen LogP contribution >= 0.6 is 0 Å². The second-order valence-corrected chi connectivity index (χ2v) is 3.94. The average molecular weight is 155 g/mol. The molecular formula is C9H17NO. The van der Waals surface area contributed by atoms with Gasteiger partial charge in [0.25, 0.3) is 0 Å². The molecule has 0 aromatic carbocycles. The summed E-state index contributed by atoms with van der Waals surface area (Å²) in [6.07, 6.45) is 2.53. The second-order valence-electron chi connectivity index (χ2n) is 3.94. The maximum absolute atomic E-state index is 9.70. The standard InChI is InChI=1S/C9H17NO/c1-2-10-5-7-3-4-8(6-10)9(7)11/h7-9,11H,2-6H2,1H3. The molecular weight excluding hydrogens is 138 g/mol. The first-order valence-electron chi connectivity index (χ1n) is 4.71. The van der Waals surface area contributed by atoms with E-state index < -0.39 is 0 Å². The molecule has 64 valence electrons. The van der Waals surface area contributed by atoms with Crippen LogP contribution in [0.5, 0.6) is 0 Å². The lowest BCUT2D eigenvalue weighted by Crippen LogP contribution is -2.44. The van der Waals surface area contributed by atoms with E-state index >= 15 is 0 Å². The summed E-state index contributed by atoms with van der Waals surface area (Å²) in [5.41, 5.74) is 0. The molecule has 1 heterocycles. The predicted molar refractivity (Wildman–Crippen MR) is 44.3 cm³/mol. The van der Waals surface area contributed by atoms with Gasteiger partial charge in [-0.1, -0.05) is 6.92 Å². The molecule has 0 aromatic heterocycles. The molecule has 1 aliphatic carbocycles. The first kappa shape index (κ1) is 7.56. The van der Waals surface area contributed by atoms with Gasteiger partial charge in [-0.2, -0.15) is 0 Å². The third-order valence-electron chi connectivity index (χ3n) is 3.31. The van der Waals surface area contributed by atoms with Crippen molar-refractivity contribution in [2.75, 3.05) is 19.6 Å². The van der Waals surface area contributed by atoms with Crippen molar-refractivity contribution in [2.45, 2.75) is 25.9 Å². The van der Waals surface area contributed by atoms with Gasteiger partial charge in [0.1, 0.15) is 0 Å². The molecule has 2 aliphatic rings. The third-order valence-corrected chi connectivity index (χ3v) is 3.31. The van der Waals surface area contributed by atoms with E-state index in [-0.39, 0.29) is 6.10 Å². The maximum atomic E-state index is 9.70. The van der Waals surface area contributed by atoms with E-state index in [1.54, 1.807) is 0 Å². The number of nitrogens with zero attached hydrogens (tertiary/aromatic N) is 1. The molecule has 2 rings (SSSR count). The molecule has 1 N–H and O–H groups in total. The van der Waals surface area contributed by atoms with Gasteiger partial charge in [0.05, 0.1) is 6.10 Å². The van der Waals surface area contributed by atoms with Gasteiger partial charge in [0.15, 0.2) is 0 Å². The van der Waals surface area contributed by atoms with Crippen LogP contribution in [0.3, 0.4) is 0 Å². The van der Waals surface area contributed by atoms with Crippen molar-refractivity contribution in [3.8, 4) is 0 Å². The second kappa shape index (κ2) is 2.76. The smallest absolute Gasteiger partial charge is 0.0620 e. The summed E-state index contributed by atoms with van der Waals surface area (Å²) in [7, 11) is 0. The Morgan fingerprint density at radius 1 is 1.27 bits per heavy atom. The van der Waals surface area contributed by atoms with Crippen molar-refractivity contribution < 1.29 is 5.11 Å². The zero-order valence-electron chi connectivity index (χ0n) is 7.16. The number of likely N-dealkylation sites (tertiary alicyclic amines) is 1. The van der Waals surface area contributed by atoms with Crippen LogP contribution in [0, 0.1) is 11.8 Å². The molecule has 2 fully saturated rings. The maximum Gasteiger partial charge on any atom is 0.0620 e. The van der Waals surface area contributed by atoms with Gasteiger partial charge < -0.3 is 10.0 Å². The van der Waals surface area contributed by atoms with Gasteiger partial charge >= 0.3 is 0 Å². The molecule has 2 bridgehead atoms. The Hall–Kier alpha value is -0.0800. The number of piperidine rings is 1. The highest BCUT2D eigenvalue weighted by Crippen LogP contribution is 2.36. The van der Waals surface area contributed by atoms with E-state index in [1.165, 1.54) is 12.8 Å². The summed E-state index contributed by atoms with van der Waals surface area (Å²) in [6.45, 7) is 5.62. The minimum Gasteiger partial charge on any atom is -0.392 e. The molecule has 2 unspecified atom stereocenters. The predicted octanol–water partition coefficient (Wildman–Crippen LogP) is 0.709. The van der Waals surface area contributed by atoms with Gasteiger partial charge in [-0.3, -0.25) is 0 Å². The van der Waals surface area contributed by atoms with Crippen LogP contribution in [0.15, 0.2) is 0 Å². The number of hydrogen-bond donors (Lipinski definition) is 1. The van der Waals surface area contributed by atoms with Crippen molar-refractivity contribution in [3.63, 3.8) is 0 Å².